The van der Waals surface area contributed by atoms with Crippen molar-refractivity contribution in [3.63, 3.8) is 0 Å². The van der Waals surface area contributed by atoms with Gasteiger partial charge in [0.1, 0.15) is 11.4 Å². The predicted octanol–water partition coefficient (Wildman–Crippen LogP) is 4.75. The summed E-state index contributed by atoms with van der Waals surface area (Å²) in [6, 6.07) is 13.5. The molecule has 4 rings (SSSR count). The summed E-state index contributed by atoms with van der Waals surface area (Å²) in [5.74, 6) is 0.275. The van der Waals surface area contributed by atoms with Gasteiger partial charge >= 0.3 is 0 Å². The molecule has 1 saturated heterocycles. The molecule has 1 atom stereocenters. The van der Waals surface area contributed by atoms with Gasteiger partial charge in [0.15, 0.2) is 0 Å². The molecule has 27 heavy (non-hydrogen) atoms. The van der Waals surface area contributed by atoms with Gasteiger partial charge in [-0.3, -0.25) is 10.3 Å². The Morgan fingerprint density at radius 1 is 1.19 bits per heavy atom. The summed E-state index contributed by atoms with van der Waals surface area (Å²) in [7, 11) is 2.15. The molecule has 0 saturated carbocycles. The van der Waals surface area contributed by atoms with Crippen LogP contribution in [-0.4, -0.2) is 41.5 Å². The summed E-state index contributed by atoms with van der Waals surface area (Å²) in [4.78, 5) is 7.52. The van der Waals surface area contributed by atoms with E-state index in [-0.39, 0.29) is 17.5 Å². The summed E-state index contributed by atoms with van der Waals surface area (Å²) in [5.41, 5.74) is 2.75. The molecule has 0 bridgehead atoms. The minimum atomic E-state index is -0.299. The van der Waals surface area contributed by atoms with E-state index in [1.807, 2.05) is 18.2 Å². The number of rotatable bonds is 2. The standard InChI is InChI=1S/C21H23BrClN3O/c1-26-10-8-21(9-11-26)24-18(14-2-4-15(22)5-3-14)13-19(25-21)17-12-16(23)6-7-20(17)27/h2-7,12,19,25,27H,8-11,13H2,1H3. The monoisotopic (exact) mass is 447 g/mol. The van der Waals surface area contributed by atoms with Gasteiger partial charge in [0.2, 0.25) is 0 Å². The molecule has 0 radical (unpaired) electrons. The average molecular weight is 449 g/mol. The molecule has 6 heteroatoms. The van der Waals surface area contributed by atoms with Gasteiger partial charge in [0.25, 0.3) is 0 Å². The van der Waals surface area contributed by atoms with E-state index >= 15 is 0 Å². The first-order valence-corrected chi connectivity index (χ1v) is 10.4. The van der Waals surface area contributed by atoms with Gasteiger partial charge in [-0.05, 0) is 55.8 Å². The van der Waals surface area contributed by atoms with E-state index in [0.717, 1.165) is 47.2 Å². The zero-order valence-electron chi connectivity index (χ0n) is 15.3. The third-order valence-electron chi connectivity index (χ3n) is 5.55. The van der Waals surface area contributed by atoms with Crippen LogP contribution >= 0.6 is 27.5 Å². The molecule has 1 fully saturated rings. The van der Waals surface area contributed by atoms with Crippen LogP contribution in [0.15, 0.2) is 51.9 Å². The number of benzene rings is 2. The van der Waals surface area contributed by atoms with E-state index in [4.69, 9.17) is 16.6 Å². The number of likely N-dealkylation sites (tertiary alicyclic amines) is 1. The second-order valence-electron chi connectivity index (χ2n) is 7.50. The van der Waals surface area contributed by atoms with Crippen molar-refractivity contribution in [2.75, 3.05) is 20.1 Å². The van der Waals surface area contributed by atoms with Crippen molar-refractivity contribution in [1.29, 1.82) is 0 Å². The lowest BCUT2D eigenvalue weighted by Crippen LogP contribution is -2.55. The SMILES string of the molecule is CN1CCC2(CC1)N=C(c1ccc(Br)cc1)CC(c1cc(Cl)ccc1O)N2. The highest BCUT2D eigenvalue weighted by atomic mass is 79.9. The number of hydrogen-bond acceptors (Lipinski definition) is 4. The number of hydrogen-bond donors (Lipinski definition) is 2. The molecule has 1 unspecified atom stereocenters. The highest BCUT2D eigenvalue weighted by Crippen LogP contribution is 2.38. The Morgan fingerprint density at radius 3 is 2.59 bits per heavy atom. The van der Waals surface area contributed by atoms with Crippen molar-refractivity contribution >= 4 is 33.2 Å². The summed E-state index contributed by atoms with van der Waals surface area (Å²) in [5, 5.41) is 14.8. The minimum Gasteiger partial charge on any atom is -0.508 e. The maximum Gasteiger partial charge on any atom is 0.120 e. The molecule has 142 valence electrons. The third kappa shape index (κ3) is 4.06. The van der Waals surface area contributed by atoms with Gasteiger partial charge in [-0.15, -0.1) is 0 Å². The first kappa shape index (κ1) is 18.9. The van der Waals surface area contributed by atoms with Crippen molar-refractivity contribution in [1.82, 2.24) is 10.2 Å². The molecule has 4 nitrogen and oxygen atoms in total. The fourth-order valence-corrected chi connectivity index (χ4v) is 4.41. The van der Waals surface area contributed by atoms with E-state index in [0.29, 0.717) is 11.4 Å². The van der Waals surface area contributed by atoms with Crippen molar-refractivity contribution in [3.8, 4) is 5.75 Å². The van der Waals surface area contributed by atoms with E-state index in [1.54, 1.807) is 12.1 Å². The van der Waals surface area contributed by atoms with E-state index in [9.17, 15) is 5.11 Å². The number of phenolic OH excluding ortho intramolecular Hbond substituents is 1. The Morgan fingerprint density at radius 2 is 1.89 bits per heavy atom. The molecule has 2 heterocycles. The number of phenols is 1. The van der Waals surface area contributed by atoms with Gasteiger partial charge in [0.05, 0.1) is 0 Å². The van der Waals surface area contributed by atoms with E-state index < -0.39 is 0 Å². The van der Waals surface area contributed by atoms with Crippen LogP contribution in [0.2, 0.25) is 5.02 Å². The van der Waals surface area contributed by atoms with Crippen molar-refractivity contribution < 1.29 is 5.11 Å². The van der Waals surface area contributed by atoms with Crippen LogP contribution < -0.4 is 5.32 Å². The smallest absolute Gasteiger partial charge is 0.120 e. The lowest BCUT2D eigenvalue weighted by atomic mass is 9.87. The van der Waals surface area contributed by atoms with Gasteiger partial charge < -0.3 is 10.0 Å². The Bertz CT molecular complexity index is 860. The highest BCUT2D eigenvalue weighted by Gasteiger charge is 2.40. The molecule has 2 aromatic rings. The molecule has 2 aromatic carbocycles. The number of piperidine rings is 1. The molecule has 0 amide bonds. The first-order chi connectivity index (χ1) is 12.9. The zero-order valence-corrected chi connectivity index (χ0v) is 17.6. The fraction of sp³-hybridized carbons (Fsp3) is 0.381. The second-order valence-corrected chi connectivity index (χ2v) is 8.86. The van der Waals surface area contributed by atoms with Gasteiger partial charge in [0, 0.05) is 46.3 Å². The molecule has 0 aromatic heterocycles. The van der Waals surface area contributed by atoms with Crippen LogP contribution in [0.5, 0.6) is 5.75 Å². The van der Waals surface area contributed by atoms with Crippen molar-refractivity contribution in [2.24, 2.45) is 4.99 Å². The van der Waals surface area contributed by atoms with Crippen LogP contribution in [0.4, 0.5) is 0 Å². The number of nitrogens with one attached hydrogen (secondary N) is 1. The Balaban J connectivity index is 1.74. The number of aromatic hydroxyl groups is 1. The number of aliphatic imine (C=N–C) groups is 1. The molecule has 2 aliphatic heterocycles. The summed E-state index contributed by atoms with van der Waals surface area (Å²) in [6.45, 7) is 2.00. The molecule has 0 aliphatic carbocycles. The van der Waals surface area contributed by atoms with Crippen LogP contribution in [0.25, 0.3) is 0 Å². The Hall–Kier alpha value is -1.40. The van der Waals surface area contributed by atoms with Crippen molar-refractivity contribution in [2.45, 2.75) is 31.0 Å². The third-order valence-corrected chi connectivity index (χ3v) is 6.31. The van der Waals surface area contributed by atoms with Gasteiger partial charge in [-0.1, -0.05) is 39.7 Å². The number of nitrogens with zero attached hydrogens (tertiary/aromatic N) is 2. The molecular formula is C21H23BrClN3O. The highest BCUT2D eigenvalue weighted by molar-refractivity contribution is 9.10. The quantitative estimate of drug-likeness (QED) is 0.697. The fourth-order valence-electron chi connectivity index (χ4n) is 3.97. The Kier molecular flexibility index (Phi) is 5.30. The first-order valence-electron chi connectivity index (χ1n) is 9.23. The maximum atomic E-state index is 10.5. The normalized spacial score (nSPS) is 22.6. The van der Waals surface area contributed by atoms with Gasteiger partial charge in [-0.25, -0.2) is 0 Å². The Labute approximate surface area is 173 Å². The van der Waals surface area contributed by atoms with Gasteiger partial charge in [-0.2, -0.15) is 0 Å². The number of halogens is 2. The predicted molar refractivity (Wildman–Crippen MR) is 114 cm³/mol. The molecule has 1 spiro atoms. The minimum absolute atomic E-state index is 0.0248. The molecule has 2 aliphatic rings. The topological polar surface area (TPSA) is 47.9 Å². The summed E-state index contributed by atoms with van der Waals surface area (Å²) < 4.78 is 1.05. The van der Waals surface area contributed by atoms with E-state index in [1.165, 1.54) is 0 Å². The van der Waals surface area contributed by atoms with E-state index in [2.05, 4.69) is 45.3 Å². The lowest BCUT2D eigenvalue weighted by molar-refractivity contribution is 0.144. The summed E-state index contributed by atoms with van der Waals surface area (Å²) in [6.07, 6.45) is 2.61. The van der Waals surface area contributed by atoms with Crippen molar-refractivity contribution in [3.05, 3.63) is 63.1 Å². The van der Waals surface area contributed by atoms with Crippen LogP contribution in [-0.2, 0) is 0 Å². The lowest BCUT2D eigenvalue weighted by Gasteiger charge is -2.44. The zero-order chi connectivity index (χ0) is 19.0. The molecule has 2 N–H and O–H groups in total. The maximum absolute atomic E-state index is 10.5. The van der Waals surface area contributed by atoms with Crippen LogP contribution in [0.1, 0.15) is 36.4 Å². The van der Waals surface area contributed by atoms with Crippen LogP contribution in [0.3, 0.4) is 0 Å². The largest absolute Gasteiger partial charge is 0.508 e. The molecular weight excluding hydrogens is 426 g/mol. The second kappa shape index (κ2) is 7.55. The van der Waals surface area contributed by atoms with Crippen LogP contribution in [0, 0.1) is 0 Å². The average Bonchev–Trinajstić information content (AvgIpc) is 2.66. The summed E-state index contributed by atoms with van der Waals surface area (Å²) >= 11 is 9.73.